The Kier molecular flexibility index (Phi) is 20.8. The molecule has 0 amide bonds. The summed E-state index contributed by atoms with van der Waals surface area (Å²) in [5.74, 6) is 1.82. The van der Waals surface area contributed by atoms with Crippen LogP contribution in [0.5, 0.6) is 0 Å². The van der Waals surface area contributed by atoms with Gasteiger partial charge in [-0.1, -0.05) is 382 Å². The SMILES string of the molecule is O=P(c1ccccc1)(c1ccccc1)c1cccc(-c2nc3ccccc3c3c2ccc2c4ccccc4sc23)c1.c1ccc(-c2nc(-c3ccccc3)nc(-c3ccc4c(c3)nc(-c3ccccc3)c3c5ccccc5c5c6cc7ccccc7cc6oc5c43)n2)cc1.c1ccc(-c2nc3cc(-c4cc(-c5cccnc5)cc(-c5cccnc5)c4)ccc3c3c4oc5cc6ccccc6cc5c4c4ccccc4c23)cc1. The van der Waals surface area contributed by atoms with Crippen LogP contribution in [0.2, 0.25) is 0 Å². The fourth-order valence-corrected chi connectivity index (χ4v) is 25.8. The number of aromatic nitrogens is 8. The molecule has 0 spiro atoms. The van der Waals surface area contributed by atoms with E-state index in [-0.39, 0.29) is 0 Å². The number of thiophene rings is 1. The molecule has 686 valence electrons. The number of para-hydroxylation sites is 1. The summed E-state index contributed by atoms with van der Waals surface area (Å²) in [6.07, 6.45) is 7.45. The topological polar surface area (TPSA) is 146 Å². The Morgan fingerprint density at radius 3 is 1.07 bits per heavy atom. The van der Waals surface area contributed by atoms with E-state index in [0.717, 1.165) is 236 Å². The van der Waals surface area contributed by atoms with Crippen LogP contribution < -0.4 is 15.9 Å². The van der Waals surface area contributed by atoms with Gasteiger partial charge in [0.2, 0.25) is 0 Å². The van der Waals surface area contributed by atoms with E-state index in [9.17, 15) is 0 Å². The summed E-state index contributed by atoms with van der Waals surface area (Å²) >= 11 is 1.84. The minimum absolute atomic E-state index is 0.585. The predicted molar refractivity (Wildman–Crippen MR) is 613 cm³/mol. The zero-order valence-corrected chi connectivity index (χ0v) is 80.6. The van der Waals surface area contributed by atoms with Crippen LogP contribution in [0.4, 0.5) is 0 Å². The normalized spacial score (nSPS) is 11.8. The highest BCUT2D eigenvalue weighted by molar-refractivity contribution is 7.85. The number of hydrogen-bond acceptors (Lipinski definition) is 12. The lowest BCUT2D eigenvalue weighted by Crippen LogP contribution is -2.25. The van der Waals surface area contributed by atoms with Crippen molar-refractivity contribution in [1.82, 2.24) is 39.9 Å². The van der Waals surface area contributed by atoms with Gasteiger partial charge in [-0.2, -0.15) is 0 Å². The van der Waals surface area contributed by atoms with E-state index >= 15 is 4.57 Å². The molecule has 0 aliphatic rings. The van der Waals surface area contributed by atoms with Crippen molar-refractivity contribution < 1.29 is 13.4 Å². The van der Waals surface area contributed by atoms with Gasteiger partial charge in [-0.3, -0.25) is 9.97 Å². The Labute approximate surface area is 846 Å². The van der Waals surface area contributed by atoms with Gasteiger partial charge >= 0.3 is 0 Å². The molecule has 0 fully saturated rings. The fourth-order valence-electron chi connectivity index (χ4n) is 21.9. The number of benzene rings is 21. The molecule has 11 nitrogen and oxygen atoms in total. The van der Waals surface area contributed by atoms with E-state index in [1.165, 1.54) is 36.3 Å². The maximum Gasteiger partial charge on any atom is 0.171 e. The van der Waals surface area contributed by atoms with E-state index in [0.29, 0.717) is 17.5 Å². The first kappa shape index (κ1) is 86.0. The molecular weight excluding hydrogens is 1830 g/mol. The van der Waals surface area contributed by atoms with E-state index in [1.54, 1.807) is 0 Å². The van der Waals surface area contributed by atoms with E-state index in [4.69, 9.17) is 38.7 Å². The summed E-state index contributed by atoms with van der Waals surface area (Å²) in [5.41, 5.74) is 21.2. The summed E-state index contributed by atoms with van der Waals surface area (Å²) < 4.78 is 31.6. The van der Waals surface area contributed by atoms with Crippen LogP contribution >= 0.6 is 18.5 Å². The molecular formula is C134H81N8O3PS. The molecule has 30 rings (SSSR count). The molecule has 0 saturated heterocycles. The highest BCUT2D eigenvalue weighted by Crippen LogP contribution is 2.53. The Morgan fingerprint density at radius 1 is 0.204 bits per heavy atom. The Morgan fingerprint density at radius 2 is 0.571 bits per heavy atom. The number of pyridine rings is 5. The number of hydrogen-bond donors (Lipinski definition) is 0. The third-order valence-electron chi connectivity index (χ3n) is 28.7. The first-order chi connectivity index (χ1) is 72.7. The number of rotatable bonds is 12. The maximum atomic E-state index is 15.1. The smallest absolute Gasteiger partial charge is 0.171 e. The molecule has 9 aromatic heterocycles. The minimum Gasteiger partial charge on any atom is -0.455 e. The molecule has 13 heteroatoms. The Bertz CT molecular complexity index is 10000. The molecule has 0 aliphatic carbocycles. The minimum atomic E-state index is -3.12. The van der Waals surface area contributed by atoms with Crippen LogP contribution in [0, 0.1) is 0 Å². The summed E-state index contributed by atoms with van der Waals surface area (Å²) in [7, 11) is -3.12. The number of fused-ring (bicyclic) bond motifs is 29. The van der Waals surface area contributed by atoms with Crippen LogP contribution in [-0.4, -0.2) is 39.9 Å². The third-order valence-corrected chi connectivity index (χ3v) is 33.0. The van der Waals surface area contributed by atoms with Gasteiger partial charge in [0.1, 0.15) is 22.3 Å². The molecule has 30 aromatic rings. The van der Waals surface area contributed by atoms with Crippen LogP contribution in [0.15, 0.2) is 501 Å². The lowest BCUT2D eigenvalue weighted by Gasteiger charge is -2.21. The second kappa shape index (κ2) is 35.6. The van der Waals surface area contributed by atoms with Gasteiger partial charge in [-0.05, 0) is 150 Å². The van der Waals surface area contributed by atoms with Gasteiger partial charge < -0.3 is 13.4 Å². The van der Waals surface area contributed by atoms with Crippen molar-refractivity contribution in [2.45, 2.75) is 0 Å². The molecule has 0 N–H and O–H groups in total. The third kappa shape index (κ3) is 14.8. The largest absolute Gasteiger partial charge is 0.455 e. The molecule has 21 aromatic carbocycles. The number of furan rings is 2. The molecule has 0 radical (unpaired) electrons. The summed E-state index contributed by atoms with van der Waals surface area (Å²) in [6, 6.07) is 162. The van der Waals surface area contributed by atoms with Crippen molar-refractivity contribution in [1.29, 1.82) is 0 Å². The van der Waals surface area contributed by atoms with Crippen LogP contribution in [0.1, 0.15) is 0 Å². The summed E-state index contributed by atoms with van der Waals surface area (Å²) in [5, 5.41) is 28.6. The highest BCUT2D eigenvalue weighted by Gasteiger charge is 2.32. The highest BCUT2D eigenvalue weighted by atomic mass is 32.1. The van der Waals surface area contributed by atoms with Crippen molar-refractivity contribution in [2.75, 3.05) is 0 Å². The number of nitrogens with zero attached hydrogens (tertiary/aromatic N) is 8. The fraction of sp³-hybridized carbons (Fsp3) is 0. The molecule has 0 saturated carbocycles. The quantitative estimate of drug-likeness (QED) is 0.0851. The predicted octanol–water partition coefficient (Wildman–Crippen LogP) is 34.6. The molecule has 0 unspecified atom stereocenters. The van der Waals surface area contributed by atoms with Crippen molar-refractivity contribution in [2.24, 2.45) is 0 Å². The first-order valence-corrected chi connectivity index (χ1v) is 51.7. The average Bonchev–Trinajstić information content (AvgIpc) is 1.61. The molecule has 0 aliphatic heterocycles. The van der Waals surface area contributed by atoms with E-state index in [2.05, 4.69) is 319 Å². The second-order valence-corrected chi connectivity index (χ2v) is 41.1. The molecule has 9 heterocycles. The van der Waals surface area contributed by atoms with Gasteiger partial charge in [0.15, 0.2) is 24.6 Å². The first-order valence-electron chi connectivity index (χ1n) is 49.2. The standard InChI is InChI=1S/C49H29N3O.C48H28N4O.C37H24NOPS/c1-2-10-30(11-3-1)48-46-40-17-7-6-16-39(40)45-42-25-31-12-4-5-13-32(31)27-44(42)53-49(45)47(46)41-19-18-33(26-43(41)52-48)36-22-37(34-14-8-20-50-28-34)24-38(23-36)35-15-9-21-51-29-35;1-4-14-29(15-5-1)44-42-36-23-13-12-22-35(36)41-38-26-32-20-10-11-21-33(32)28-40(38)53-45(41)43(42)37-25-24-34(27-39(37)49-44)48-51-46(30-16-6-2-7-17-30)50-47(52-48)31-18-8-3-9-19-31;39-40(26-13-3-1-4-14-26,27-15-5-2-6-16-27)28-17-11-12-25(24-28)36-32-23-22-30-29-18-8-10-21-34(29)41-37(30)35(32)31-19-7-9-20-33(31)38-36/h1-29H;1-28H;1-24H. The van der Waals surface area contributed by atoms with Gasteiger partial charge in [-0.25, -0.2) is 29.9 Å². The molecule has 147 heavy (non-hydrogen) atoms. The zero-order chi connectivity index (χ0) is 97.2. The lowest BCUT2D eigenvalue weighted by molar-refractivity contribution is 0.592. The van der Waals surface area contributed by atoms with Crippen molar-refractivity contribution in [3.8, 4) is 101 Å². The second-order valence-electron chi connectivity index (χ2n) is 37.3. The van der Waals surface area contributed by atoms with E-state index < -0.39 is 7.14 Å². The lowest BCUT2D eigenvalue weighted by atomic mass is 9.90. The van der Waals surface area contributed by atoms with Gasteiger partial charge in [0.25, 0.3) is 0 Å². The van der Waals surface area contributed by atoms with Crippen LogP contribution in [0.3, 0.4) is 0 Å². The maximum absolute atomic E-state index is 15.1. The Hall–Kier alpha value is -19.0. The van der Waals surface area contributed by atoms with Gasteiger partial charge in [-0.15, -0.1) is 11.3 Å². The van der Waals surface area contributed by atoms with Crippen LogP contribution in [0.25, 0.3) is 273 Å². The zero-order valence-electron chi connectivity index (χ0n) is 78.9. The molecule has 0 bridgehead atoms. The monoisotopic (exact) mass is 1910 g/mol. The summed E-state index contributed by atoms with van der Waals surface area (Å²) in [6.45, 7) is 0. The Balaban J connectivity index is 0.000000108. The van der Waals surface area contributed by atoms with Gasteiger partial charge in [0, 0.05) is 175 Å². The summed E-state index contributed by atoms with van der Waals surface area (Å²) in [4.78, 5) is 40.0. The van der Waals surface area contributed by atoms with Crippen molar-refractivity contribution in [3.63, 3.8) is 0 Å². The van der Waals surface area contributed by atoms with Crippen LogP contribution in [-0.2, 0) is 4.57 Å². The van der Waals surface area contributed by atoms with Crippen molar-refractivity contribution >= 4 is 207 Å². The van der Waals surface area contributed by atoms with E-state index in [1.807, 2.05) is 194 Å². The van der Waals surface area contributed by atoms with Gasteiger partial charge in [0.05, 0.1) is 33.6 Å². The molecule has 0 atom stereocenters. The van der Waals surface area contributed by atoms with Crippen molar-refractivity contribution in [3.05, 3.63) is 492 Å². The average molecular weight is 1910 g/mol.